The molecule has 0 fully saturated rings. The molecule has 0 spiro atoms. The zero-order valence-corrected chi connectivity index (χ0v) is 10.4. The van der Waals surface area contributed by atoms with E-state index in [-0.39, 0.29) is 6.61 Å². The van der Waals surface area contributed by atoms with Crippen molar-refractivity contribution >= 4 is 0 Å². The largest absolute Gasteiger partial charge is 0.469 e. The maximum atomic E-state index is 9.21. The summed E-state index contributed by atoms with van der Waals surface area (Å²) >= 11 is 0. The topological polar surface area (TPSA) is 55.5 Å². The highest BCUT2D eigenvalue weighted by Crippen LogP contribution is 2.16. The predicted molar refractivity (Wildman–Crippen MR) is 67.2 cm³/mol. The van der Waals surface area contributed by atoms with Crippen LogP contribution in [0, 0.1) is 0 Å². The molecule has 96 valence electrons. The van der Waals surface area contributed by atoms with Crippen LogP contribution in [0.1, 0.15) is 30.4 Å². The standard InChI is InChI=1S/C14H17NO3/c1-2-4-12-7-11(9-16)8-14(15-12)18-10-13-5-3-6-17-13/h3,5-8,16H,2,4,9-10H2,1H3. The van der Waals surface area contributed by atoms with Crippen LogP contribution in [0.4, 0.5) is 0 Å². The van der Waals surface area contributed by atoms with Crippen molar-refractivity contribution in [1.82, 2.24) is 4.98 Å². The summed E-state index contributed by atoms with van der Waals surface area (Å²) in [6.07, 6.45) is 3.50. The fourth-order valence-corrected chi connectivity index (χ4v) is 1.71. The summed E-state index contributed by atoms with van der Waals surface area (Å²) in [5, 5.41) is 9.21. The lowest BCUT2D eigenvalue weighted by atomic mass is 10.2. The minimum Gasteiger partial charge on any atom is -0.469 e. The monoisotopic (exact) mass is 247 g/mol. The lowest BCUT2D eigenvalue weighted by molar-refractivity contribution is 0.255. The van der Waals surface area contributed by atoms with E-state index in [4.69, 9.17) is 9.15 Å². The van der Waals surface area contributed by atoms with E-state index in [1.165, 1.54) is 0 Å². The molecule has 4 heteroatoms. The smallest absolute Gasteiger partial charge is 0.214 e. The van der Waals surface area contributed by atoms with Gasteiger partial charge in [-0.1, -0.05) is 13.3 Å². The Hall–Kier alpha value is -1.81. The van der Waals surface area contributed by atoms with E-state index >= 15 is 0 Å². The van der Waals surface area contributed by atoms with E-state index in [0.717, 1.165) is 29.9 Å². The Labute approximate surface area is 106 Å². The molecule has 0 aliphatic rings. The summed E-state index contributed by atoms with van der Waals surface area (Å²) in [7, 11) is 0. The van der Waals surface area contributed by atoms with E-state index < -0.39 is 0 Å². The maximum absolute atomic E-state index is 9.21. The first-order valence-electron chi connectivity index (χ1n) is 6.07. The molecule has 0 aromatic carbocycles. The lowest BCUT2D eigenvalue weighted by Gasteiger charge is -2.08. The SMILES string of the molecule is CCCc1cc(CO)cc(OCc2ccco2)n1. The van der Waals surface area contributed by atoms with Gasteiger partial charge in [0.2, 0.25) is 5.88 Å². The van der Waals surface area contributed by atoms with Crippen molar-refractivity contribution in [2.45, 2.75) is 33.0 Å². The molecule has 0 aliphatic carbocycles. The fraction of sp³-hybridized carbons (Fsp3) is 0.357. The van der Waals surface area contributed by atoms with Gasteiger partial charge in [-0.05, 0) is 30.2 Å². The number of aromatic nitrogens is 1. The quantitative estimate of drug-likeness (QED) is 0.852. The number of furan rings is 1. The number of nitrogens with zero attached hydrogens (tertiary/aromatic N) is 1. The van der Waals surface area contributed by atoms with Gasteiger partial charge in [-0.25, -0.2) is 4.98 Å². The van der Waals surface area contributed by atoms with Crippen LogP contribution in [-0.4, -0.2) is 10.1 Å². The highest BCUT2D eigenvalue weighted by Gasteiger charge is 2.04. The first-order chi connectivity index (χ1) is 8.81. The molecule has 0 saturated heterocycles. The zero-order chi connectivity index (χ0) is 12.8. The first kappa shape index (κ1) is 12.6. The molecule has 18 heavy (non-hydrogen) atoms. The van der Waals surface area contributed by atoms with Crippen molar-refractivity contribution in [3.05, 3.63) is 47.5 Å². The Balaban J connectivity index is 2.08. The van der Waals surface area contributed by atoms with Gasteiger partial charge in [0.25, 0.3) is 0 Å². The molecule has 0 unspecified atom stereocenters. The minimum absolute atomic E-state index is 0.00362. The molecule has 2 heterocycles. The van der Waals surface area contributed by atoms with Gasteiger partial charge >= 0.3 is 0 Å². The third kappa shape index (κ3) is 3.34. The number of pyridine rings is 1. The van der Waals surface area contributed by atoms with E-state index in [9.17, 15) is 5.11 Å². The summed E-state index contributed by atoms with van der Waals surface area (Å²) < 4.78 is 10.8. The maximum Gasteiger partial charge on any atom is 0.214 e. The number of aryl methyl sites for hydroxylation is 1. The van der Waals surface area contributed by atoms with Crippen LogP contribution in [0.5, 0.6) is 5.88 Å². The molecule has 2 aromatic heterocycles. The molecule has 0 aliphatic heterocycles. The van der Waals surface area contributed by atoms with Gasteiger partial charge in [-0.2, -0.15) is 0 Å². The molecule has 4 nitrogen and oxygen atoms in total. The second-order valence-electron chi connectivity index (χ2n) is 4.08. The summed E-state index contributed by atoms with van der Waals surface area (Å²) in [5.74, 6) is 1.28. The van der Waals surface area contributed by atoms with Crippen molar-refractivity contribution in [2.75, 3.05) is 0 Å². The van der Waals surface area contributed by atoms with E-state index in [0.29, 0.717) is 12.5 Å². The molecule has 1 N–H and O–H groups in total. The molecular formula is C14H17NO3. The van der Waals surface area contributed by atoms with Crippen LogP contribution < -0.4 is 4.74 Å². The van der Waals surface area contributed by atoms with Crippen molar-refractivity contribution in [3.8, 4) is 5.88 Å². The molecule has 2 aromatic rings. The predicted octanol–water partition coefficient (Wildman–Crippen LogP) is 2.70. The number of aliphatic hydroxyl groups is 1. The van der Waals surface area contributed by atoms with Gasteiger partial charge < -0.3 is 14.3 Å². The average molecular weight is 247 g/mol. The van der Waals surface area contributed by atoms with Crippen LogP contribution in [0.2, 0.25) is 0 Å². The van der Waals surface area contributed by atoms with Gasteiger partial charge in [-0.15, -0.1) is 0 Å². The van der Waals surface area contributed by atoms with Crippen LogP contribution in [0.3, 0.4) is 0 Å². The molecule has 0 bridgehead atoms. The Kier molecular flexibility index (Phi) is 4.36. The molecule has 0 saturated carbocycles. The van der Waals surface area contributed by atoms with E-state index in [1.54, 1.807) is 12.3 Å². The molecule has 0 atom stereocenters. The Morgan fingerprint density at radius 3 is 2.94 bits per heavy atom. The third-order valence-electron chi connectivity index (χ3n) is 2.55. The van der Waals surface area contributed by atoms with Crippen molar-refractivity contribution in [2.24, 2.45) is 0 Å². The third-order valence-corrected chi connectivity index (χ3v) is 2.55. The molecule has 2 rings (SSSR count). The summed E-state index contributed by atoms with van der Waals surface area (Å²) in [6, 6.07) is 7.33. The number of aliphatic hydroxyl groups excluding tert-OH is 1. The Morgan fingerprint density at radius 2 is 2.28 bits per heavy atom. The first-order valence-corrected chi connectivity index (χ1v) is 6.07. The van der Waals surface area contributed by atoms with Crippen LogP contribution in [0.15, 0.2) is 34.9 Å². The average Bonchev–Trinajstić information content (AvgIpc) is 2.89. The van der Waals surface area contributed by atoms with Crippen LogP contribution in [0.25, 0.3) is 0 Å². The second kappa shape index (κ2) is 6.21. The summed E-state index contributed by atoms with van der Waals surface area (Å²) in [5.41, 5.74) is 1.77. The molecule has 0 radical (unpaired) electrons. The zero-order valence-electron chi connectivity index (χ0n) is 10.4. The lowest BCUT2D eigenvalue weighted by Crippen LogP contribution is -2.00. The van der Waals surface area contributed by atoms with E-state index in [2.05, 4.69) is 11.9 Å². The fourth-order valence-electron chi connectivity index (χ4n) is 1.71. The number of ether oxygens (including phenoxy) is 1. The minimum atomic E-state index is -0.00362. The van der Waals surface area contributed by atoms with Gasteiger partial charge in [-0.3, -0.25) is 0 Å². The summed E-state index contributed by atoms with van der Waals surface area (Å²) in [4.78, 5) is 4.40. The second-order valence-corrected chi connectivity index (χ2v) is 4.08. The van der Waals surface area contributed by atoms with Gasteiger partial charge in [0.1, 0.15) is 12.4 Å². The van der Waals surface area contributed by atoms with Crippen molar-refractivity contribution in [1.29, 1.82) is 0 Å². The number of hydrogen-bond donors (Lipinski definition) is 1. The number of hydrogen-bond acceptors (Lipinski definition) is 4. The highest BCUT2D eigenvalue weighted by molar-refractivity contribution is 5.25. The van der Waals surface area contributed by atoms with Crippen molar-refractivity contribution < 1.29 is 14.3 Å². The Bertz CT molecular complexity index is 480. The van der Waals surface area contributed by atoms with Gasteiger partial charge in [0.05, 0.1) is 12.9 Å². The van der Waals surface area contributed by atoms with Crippen LogP contribution >= 0.6 is 0 Å². The van der Waals surface area contributed by atoms with E-state index in [1.807, 2.05) is 18.2 Å². The molecular weight excluding hydrogens is 230 g/mol. The van der Waals surface area contributed by atoms with Gasteiger partial charge in [0.15, 0.2) is 0 Å². The normalized spacial score (nSPS) is 10.6. The van der Waals surface area contributed by atoms with Gasteiger partial charge in [0, 0.05) is 11.8 Å². The summed E-state index contributed by atoms with van der Waals surface area (Å²) in [6.45, 7) is 2.44. The highest BCUT2D eigenvalue weighted by atomic mass is 16.5. The van der Waals surface area contributed by atoms with Crippen LogP contribution in [-0.2, 0) is 19.6 Å². The van der Waals surface area contributed by atoms with Crippen molar-refractivity contribution in [3.63, 3.8) is 0 Å². The molecule has 0 amide bonds. The number of rotatable bonds is 6. The Morgan fingerprint density at radius 1 is 1.39 bits per heavy atom.